The fourth-order valence-corrected chi connectivity index (χ4v) is 3.50. The van der Waals surface area contributed by atoms with Gasteiger partial charge in [0.15, 0.2) is 0 Å². The van der Waals surface area contributed by atoms with Gasteiger partial charge in [-0.2, -0.15) is 4.98 Å². The minimum Gasteiger partial charge on any atom is -0.339 e. The summed E-state index contributed by atoms with van der Waals surface area (Å²) < 4.78 is 19.6. The van der Waals surface area contributed by atoms with Crippen molar-refractivity contribution in [1.82, 2.24) is 10.1 Å². The van der Waals surface area contributed by atoms with E-state index in [1.54, 1.807) is 4.90 Å². The molecule has 132 valence electrons. The predicted octanol–water partition coefficient (Wildman–Crippen LogP) is 4.81. The number of carbonyl (C=O) groups excluding carboxylic acids is 1. The quantitative estimate of drug-likeness (QED) is 0.591. The second-order valence-electron chi connectivity index (χ2n) is 5.97. The highest BCUT2D eigenvalue weighted by Gasteiger charge is 2.35. The summed E-state index contributed by atoms with van der Waals surface area (Å²) >= 11 is 9.23. The van der Waals surface area contributed by atoms with Gasteiger partial charge in [0.25, 0.3) is 0 Å². The Morgan fingerprint density at radius 1 is 1.27 bits per heavy atom. The number of carbonyl (C=O) groups is 1. The molecule has 8 heteroatoms. The van der Waals surface area contributed by atoms with E-state index in [1.165, 1.54) is 18.2 Å². The third-order valence-electron chi connectivity index (χ3n) is 4.21. The lowest BCUT2D eigenvalue weighted by atomic mass is 10.1. The number of rotatable bonds is 3. The number of nitrogens with zero attached hydrogens (tertiary/aromatic N) is 3. The van der Waals surface area contributed by atoms with Gasteiger partial charge in [0, 0.05) is 28.7 Å². The lowest BCUT2D eigenvalue weighted by Crippen LogP contribution is -2.24. The molecule has 2 aromatic carbocycles. The van der Waals surface area contributed by atoms with E-state index in [9.17, 15) is 9.18 Å². The van der Waals surface area contributed by atoms with Crippen LogP contribution in [0, 0.1) is 5.82 Å². The van der Waals surface area contributed by atoms with Crippen LogP contribution in [0.3, 0.4) is 0 Å². The Morgan fingerprint density at radius 3 is 2.88 bits per heavy atom. The second-order valence-corrected chi connectivity index (χ2v) is 7.29. The molecule has 0 aliphatic carbocycles. The summed E-state index contributed by atoms with van der Waals surface area (Å²) in [4.78, 5) is 18.4. The molecule has 1 aliphatic rings. The molecule has 0 N–H and O–H groups in total. The zero-order valence-electron chi connectivity index (χ0n) is 13.3. The summed E-state index contributed by atoms with van der Waals surface area (Å²) in [6, 6.07) is 11.8. The predicted molar refractivity (Wildman–Crippen MR) is 98.6 cm³/mol. The van der Waals surface area contributed by atoms with Crippen LogP contribution in [0.15, 0.2) is 51.5 Å². The van der Waals surface area contributed by atoms with E-state index < -0.39 is 5.82 Å². The molecule has 1 atom stereocenters. The topological polar surface area (TPSA) is 59.2 Å². The smallest absolute Gasteiger partial charge is 0.232 e. The molecule has 2 heterocycles. The Kier molecular flexibility index (Phi) is 4.50. The summed E-state index contributed by atoms with van der Waals surface area (Å²) in [5.41, 5.74) is 1.37. The minimum absolute atomic E-state index is 0.0199. The van der Waals surface area contributed by atoms with Gasteiger partial charge in [-0.05, 0) is 30.3 Å². The standard InChI is InChI=1S/C18H12BrClFN3O2/c19-12-3-1-2-10(6-12)17-22-18(26-23-17)11-7-16(25)24(9-11)13-4-5-15(21)14(20)8-13/h1-6,8,11H,7,9H2. The number of anilines is 1. The summed E-state index contributed by atoms with van der Waals surface area (Å²) in [6.07, 6.45) is 0.245. The minimum atomic E-state index is -0.519. The Morgan fingerprint density at radius 2 is 2.12 bits per heavy atom. The lowest BCUT2D eigenvalue weighted by molar-refractivity contribution is -0.117. The number of amides is 1. The SMILES string of the molecule is O=C1CC(c2nc(-c3cccc(Br)c3)no2)CN1c1ccc(F)c(Cl)c1. The number of halogens is 3. The Labute approximate surface area is 161 Å². The molecule has 1 aliphatic heterocycles. The number of hydrogen-bond donors (Lipinski definition) is 0. The number of aromatic nitrogens is 2. The van der Waals surface area contributed by atoms with Crippen molar-refractivity contribution in [2.45, 2.75) is 12.3 Å². The van der Waals surface area contributed by atoms with Crippen molar-refractivity contribution in [1.29, 1.82) is 0 Å². The Bertz CT molecular complexity index is 994. The first-order valence-corrected chi connectivity index (χ1v) is 9.03. The van der Waals surface area contributed by atoms with Crippen molar-refractivity contribution in [3.8, 4) is 11.4 Å². The van der Waals surface area contributed by atoms with E-state index in [2.05, 4.69) is 26.1 Å². The molecular formula is C18H12BrClFN3O2. The maximum Gasteiger partial charge on any atom is 0.232 e. The van der Waals surface area contributed by atoms with Crippen molar-refractivity contribution in [2.75, 3.05) is 11.4 Å². The van der Waals surface area contributed by atoms with Crippen molar-refractivity contribution in [3.05, 3.63) is 63.7 Å². The van der Waals surface area contributed by atoms with Gasteiger partial charge < -0.3 is 9.42 Å². The van der Waals surface area contributed by atoms with Crippen LogP contribution in [-0.4, -0.2) is 22.6 Å². The van der Waals surface area contributed by atoms with Crippen molar-refractivity contribution in [2.24, 2.45) is 0 Å². The van der Waals surface area contributed by atoms with Gasteiger partial charge >= 0.3 is 0 Å². The van der Waals surface area contributed by atoms with Crippen LogP contribution in [0.4, 0.5) is 10.1 Å². The number of benzene rings is 2. The zero-order valence-corrected chi connectivity index (χ0v) is 15.7. The third kappa shape index (κ3) is 3.24. The molecule has 0 bridgehead atoms. The van der Waals surface area contributed by atoms with E-state index in [1.807, 2.05) is 24.3 Å². The summed E-state index contributed by atoms with van der Waals surface area (Å²) in [5.74, 6) is 0.0369. The van der Waals surface area contributed by atoms with Gasteiger partial charge in [0.2, 0.25) is 17.6 Å². The monoisotopic (exact) mass is 435 g/mol. The average molecular weight is 437 g/mol. The zero-order chi connectivity index (χ0) is 18.3. The molecule has 0 saturated carbocycles. The van der Waals surface area contributed by atoms with Gasteiger partial charge in [-0.1, -0.05) is 44.8 Å². The van der Waals surface area contributed by atoms with Crippen LogP contribution in [-0.2, 0) is 4.79 Å². The fraction of sp³-hybridized carbons (Fsp3) is 0.167. The molecule has 0 spiro atoms. The van der Waals surface area contributed by atoms with Crippen LogP contribution in [0.25, 0.3) is 11.4 Å². The Hall–Kier alpha value is -2.25. The molecule has 4 rings (SSSR count). The van der Waals surface area contributed by atoms with Crippen LogP contribution < -0.4 is 4.90 Å². The van der Waals surface area contributed by atoms with Crippen LogP contribution in [0.1, 0.15) is 18.2 Å². The molecule has 0 radical (unpaired) electrons. The van der Waals surface area contributed by atoms with E-state index >= 15 is 0 Å². The molecule has 1 amide bonds. The Balaban J connectivity index is 1.56. The molecule has 5 nitrogen and oxygen atoms in total. The maximum absolute atomic E-state index is 13.3. The van der Waals surface area contributed by atoms with Crippen LogP contribution in [0.2, 0.25) is 5.02 Å². The van der Waals surface area contributed by atoms with Crippen LogP contribution in [0.5, 0.6) is 0 Å². The van der Waals surface area contributed by atoms with Gasteiger partial charge in [-0.25, -0.2) is 4.39 Å². The molecule has 26 heavy (non-hydrogen) atoms. The van der Waals surface area contributed by atoms with Crippen molar-refractivity contribution in [3.63, 3.8) is 0 Å². The average Bonchev–Trinajstić information content (AvgIpc) is 3.24. The largest absolute Gasteiger partial charge is 0.339 e. The molecule has 1 fully saturated rings. The molecule has 1 unspecified atom stereocenters. The van der Waals surface area contributed by atoms with Crippen molar-refractivity contribution >= 4 is 39.1 Å². The lowest BCUT2D eigenvalue weighted by Gasteiger charge is -2.16. The first-order valence-electron chi connectivity index (χ1n) is 7.86. The van der Waals surface area contributed by atoms with Gasteiger partial charge in [0.1, 0.15) is 5.82 Å². The molecule has 1 aromatic heterocycles. The van der Waals surface area contributed by atoms with E-state index in [0.717, 1.165) is 10.0 Å². The maximum atomic E-state index is 13.3. The van der Waals surface area contributed by atoms with Crippen molar-refractivity contribution < 1.29 is 13.7 Å². The fourth-order valence-electron chi connectivity index (χ4n) is 2.92. The number of hydrogen-bond acceptors (Lipinski definition) is 4. The summed E-state index contributed by atoms with van der Waals surface area (Å²) in [5, 5.41) is 3.99. The highest BCUT2D eigenvalue weighted by atomic mass is 79.9. The first-order chi connectivity index (χ1) is 12.5. The summed E-state index contributed by atoms with van der Waals surface area (Å²) in [6.45, 7) is 0.376. The first kappa shape index (κ1) is 17.2. The summed E-state index contributed by atoms with van der Waals surface area (Å²) in [7, 11) is 0. The molecule has 1 saturated heterocycles. The third-order valence-corrected chi connectivity index (χ3v) is 5.00. The van der Waals surface area contributed by atoms with Gasteiger partial charge in [0.05, 0.1) is 10.9 Å². The normalized spacial score (nSPS) is 17.1. The van der Waals surface area contributed by atoms with E-state index in [0.29, 0.717) is 23.9 Å². The molecule has 3 aromatic rings. The second kappa shape index (κ2) is 6.81. The van der Waals surface area contributed by atoms with E-state index in [4.69, 9.17) is 16.1 Å². The van der Waals surface area contributed by atoms with Gasteiger partial charge in [-0.3, -0.25) is 4.79 Å². The van der Waals surface area contributed by atoms with E-state index in [-0.39, 0.29) is 23.3 Å². The van der Waals surface area contributed by atoms with Crippen LogP contribution >= 0.6 is 27.5 Å². The highest BCUT2D eigenvalue weighted by molar-refractivity contribution is 9.10. The molecular weight excluding hydrogens is 425 g/mol. The highest BCUT2D eigenvalue weighted by Crippen LogP contribution is 2.33. The van der Waals surface area contributed by atoms with Gasteiger partial charge in [-0.15, -0.1) is 0 Å².